The van der Waals surface area contributed by atoms with Crippen molar-refractivity contribution in [2.24, 2.45) is 4.99 Å². The number of hydrogen-bond acceptors (Lipinski definition) is 5. The van der Waals surface area contributed by atoms with Crippen LogP contribution in [0.15, 0.2) is 28.6 Å². The van der Waals surface area contributed by atoms with Gasteiger partial charge in [0.05, 0.1) is 37.5 Å². The minimum absolute atomic E-state index is 0.561. The number of aliphatic imine (C=N–C) groups is 1. The molecule has 0 bridgehead atoms. The second-order valence-electron chi connectivity index (χ2n) is 5.80. The summed E-state index contributed by atoms with van der Waals surface area (Å²) in [4.78, 5) is 11.4. The molecule has 1 aromatic carbocycles. The molecule has 0 amide bonds. The lowest BCUT2D eigenvalue weighted by atomic mass is 10.2. The van der Waals surface area contributed by atoms with Gasteiger partial charge in [-0.25, -0.2) is 9.98 Å². The van der Waals surface area contributed by atoms with E-state index >= 15 is 0 Å². The quantitative estimate of drug-likeness (QED) is 0.565. The van der Waals surface area contributed by atoms with Crippen molar-refractivity contribution in [2.75, 3.05) is 27.3 Å². The molecule has 6 nitrogen and oxygen atoms in total. The molecule has 2 rings (SSSR count). The van der Waals surface area contributed by atoms with Crippen LogP contribution < -0.4 is 14.8 Å². The molecular formula is C19H28N4O2S. The summed E-state index contributed by atoms with van der Waals surface area (Å²) in [6.07, 6.45) is 0. The van der Waals surface area contributed by atoms with Gasteiger partial charge in [0.15, 0.2) is 17.5 Å². The standard InChI is InChI=1S/C19H28N4O2S/c1-6-20-19(23(4)12-16-13-26-14(3)22-16)21-11-15-8-9-17(25-7-2)18(10-15)24-5/h8-10,13H,6-7,11-12H2,1-5H3,(H,20,21). The highest BCUT2D eigenvalue weighted by Gasteiger charge is 2.10. The highest BCUT2D eigenvalue weighted by atomic mass is 32.1. The smallest absolute Gasteiger partial charge is 0.194 e. The maximum atomic E-state index is 5.57. The van der Waals surface area contributed by atoms with Crippen molar-refractivity contribution in [3.63, 3.8) is 0 Å². The van der Waals surface area contributed by atoms with Gasteiger partial charge in [0, 0.05) is 19.0 Å². The van der Waals surface area contributed by atoms with Crippen LogP contribution in [0.1, 0.15) is 30.1 Å². The van der Waals surface area contributed by atoms with Crippen LogP contribution in [0.2, 0.25) is 0 Å². The molecule has 1 aromatic heterocycles. The Morgan fingerprint density at radius 3 is 2.73 bits per heavy atom. The van der Waals surface area contributed by atoms with Crippen LogP contribution in [-0.4, -0.2) is 43.2 Å². The Morgan fingerprint density at radius 1 is 1.31 bits per heavy atom. The molecule has 0 radical (unpaired) electrons. The number of rotatable bonds is 8. The van der Waals surface area contributed by atoms with E-state index < -0.39 is 0 Å². The zero-order valence-electron chi connectivity index (χ0n) is 16.2. The van der Waals surface area contributed by atoms with Crippen molar-refractivity contribution in [3.8, 4) is 11.5 Å². The van der Waals surface area contributed by atoms with Gasteiger partial charge >= 0.3 is 0 Å². The molecule has 26 heavy (non-hydrogen) atoms. The molecule has 0 atom stereocenters. The van der Waals surface area contributed by atoms with Gasteiger partial charge < -0.3 is 19.7 Å². The Kier molecular flexibility index (Phi) is 7.72. The zero-order chi connectivity index (χ0) is 18.9. The average Bonchev–Trinajstić information content (AvgIpc) is 3.04. The van der Waals surface area contributed by atoms with Crippen LogP contribution in [0, 0.1) is 6.92 Å². The first kappa shape index (κ1) is 20.0. The van der Waals surface area contributed by atoms with E-state index in [2.05, 4.69) is 27.5 Å². The number of methoxy groups -OCH3 is 1. The van der Waals surface area contributed by atoms with Gasteiger partial charge in [-0.3, -0.25) is 0 Å². The Labute approximate surface area is 159 Å². The topological polar surface area (TPSA) is 59.0 Å². The summed E-state index contributed by atoms with van der Waals surface area (Å²) in [5.41, 5.74) is 2.13. The van der Waals surface area contributed by atoms with Crippen LogP contribution in [0.3, 0.4) is 0 Å². The van der Waals surface area contributed by atoms with Crippen molar-refractivity contribution in [3.05, 3.63) is 39.8 Å². The average molecular weight is 377 g/mol. The van der Waals surface area contributed by atoms with Crippen LogP contribution in [0.5, 0.6) is 11.5 Å². The van der Waals surface area contributed by atoms with Gasteiger partial charge in [-0.2, -0.15) is 0 Å². The molecule has 142 valence electrons. The summed E-state index contributed by atoms with van der Waals surface area (Å²) in [5.74, 6) is 2.34. The number of aryl methyl sites for hydroxylation is 1. The van der Waals surface area contributed by atoms with E-state index in [-0.39, 0.29) is 0 Å². The summed E-state index contributed by atoms with van der Waals surface area (Å²) >= 11 is 1.67. The molecule has 0 saturated heterocycles. The lowest BCUT2D eigenvalue weighted by Crippen LogP contribution is -2.38. The number of thiazole rings is 1. The maximum absolute atomic E-state index is 5.57. The fourth-order valence-corrected chi connectivity index (χ4v) is 3.12. The number of aromatic nitrogens is 1. The highest BCUT2D eigenvalue weighted by Crippen LogP contribution is 2.28. The SMILES string of the molecule is CCNC(=NCc1ccc(OCC)c(OC)c1)N(C)Cc1csc(C)n1. The molecule has 0 unspecified atom stereocenters. The third-order valence-electron chi connectivity index (χ3n) is 3.70. The van der Waals surface area contributed by atoms with E-state index in [0.717, 1.165) is 46.8 Å². The van der Waals surface area contributed by atoms with E-state index in [0.29, 0.717) is 13.2 Å². The molecule has 1 N–H and O–H groups in total. The Hall–Kier alpha value is -2.28. The predicted molar refractivity (Wildman–Crippen MR) is 107 cm³/mol. The molecular weight excluding hydrogens is 348 g/mol. The summed E-state index contributed by atoms with van der Waals surface area (Å²) in [5, 5.41) is 6.51. The van der Waals surface area contributed by atoms with Crippen molar-refractivity contribution >= 4 is 17.3 Å². The van der Waals surface area contributed by atoms with E-state index in [1.54, 1.807) is 18.4 Å². The van der Waals surface area contributed by atoms with E-state index in [1.807, 2.05) is 39.1 Å². The van der Waals surface area contributed by atoms with Crippen LogP contribution >= 0.6 is 11.3 Å². The maximum Gasteiger partial charge on any atom is 0.194 e. The summed E-state index contributed by atoms with van der Waals surface area (Å²) < 4.78 is 11.0. The molecule has 0 saturated carbocycles. The molecule has 0 fully saturated rings. The molecule has 0 spiro atoms. The van der Waals surface area contributed by atoms with E-state index in [9.17, 15) is 0 Å². The fourth-order valence-electron chi connectivity index (χ4n) is 2.52. The predicted octanol–water partition coefficient (Wildman–Crippen LogP) is 3.46. The second-order valence-corrected chi connectivity index (χ2v) is 6.86. The highest BCUT2D eigenvalue weighted by molar-refractivity contribution is 7.09. The molecule has 0 aliphatic rings. The van der Waals surface area contributed by atoms with Crippen molar-refractivity contribution in [1.82, 2.24) is 15.2 Å². The van der Waals surface area contributed by atoms with Gasteiger partial charge in [-0.05, 0) is 38.5 Å². The van der Waals surface area contributed by atoms with Crippen molar-refractivity contribution in [2.45, 2.75) is 33.9 Å². The number of nitrogens with one attached hydrogen (secondary N) is 1. The summed E-state index contributed by atoms with van der Waals surface area (Å²) in [6, 6.07) is 5.92. The molecule has 1 heterocycles. The lowest BCUT2D eigenvalue weighted by Gasteiger charge is -2.21. The summed E-state index contributed by atoms with van der Waals surface area (Å²) in [6.45, 7) is 8.75. The Balaban J connectivity index is 2.10. The van der Waals surface area contributed by atoms with E-state index in [4.69, 9.17) is 14.5 Å². The second kappa shape index (κ2) is 10.0. The normalized spacial score (nSPS) is 11.3. The fraction of sp³-hybridized carbons (Fsp3) is 0.474. The van der Waals surface area contributed by atoms with E-state index in [1.165, 1.54) is 0 Å². The molecule has 7 heteroatoms. The minimum atomic E-state index is 0.561. The van der Waals surface area contributed by atoms with Crippen molar-refractivity contribution < 1.29 is 9.47 Å². The minimum Gasteiger partial charge on any atom is -0.493 e. The number of nitrogens with zero attached hydrogens (tertiary/aromatic N) is 3. The van der Waals surface area contributed by atoms with Crippen LogP contribution in [0.25, 0.3) is 0 Å². The first-order valence-electron chi connectivity index (χ1n) is 8.77. The van der Waals surface area contributed by atoms with Gasteiger partial charge in [-0.15, -0.1) is 11.3 Å². The zero-order valence-corrected chi connectivity index (χ0v) is 17.0. The van der Waals surface area contributed by atoms with Crippen LogP contribution in [0.4, 0.5) is 0 Å². The van der Waals surface area contributed by atoms with Gasteiger partial charge in [-0.1, -0.05) is 6.07 Å². The third-order valence-corrected chi connectivity index (χ3v) is 4.52. The molecule has 2 aromatic rings. The van der Waals surface area contributed by atoms with Crippen LogP contribution in [-0.2, 0) is 13.1 Å². The molecule has 0 aliphatic heterocycles. The summed E-state index contributed by atoms with van der Waals surface area (Å²) in [7, 11) is 3.67. The number of ether oxygens (including phenoxy) is 2. The van der Waals surface area contributed by atoms with Gasteiger partial charge in [0.1, 0.15) is 0 Å². The monoisotopic (exact) mass is 376 g/mol. The largest absolute Gasteiger partial charge is 0.493 e. The number of benzene rings is 1. The first-order chi connectivity index (χ1) is 12.6. The first-order valence-corrected chi connectivity index (χ1v) is 9.65. The molecule has 0 aliphatic carbocycles. The number of guanidine groups is 1. The lowest BCUT2D eigenvalue weighted by molar-refractivity contribution is 0.310. The Morgan fingerprint density at radius 2 is 2.12 bits per heavy atom. The van der Waals surface area contributed by atoms with Gasteiger partial charge in [0.2, 0.25) is 0 Å². The van der Waals surface area contributed by atoms with Crippen molar-refractivity contribution in [1.29, 1.82) is 0 Å². The number of hydrogen-bond donors (Lipinski definition) is 1. The Bertz CT molecular complexity index is 730. The van der Waals surface area contributed by atoms with Gasteiger partial charge in [0.25, 0.3) is 0 Å². The third kappa shape index (κ3) is 5.62.